The lowest BCUT2D eigenvalue weighted by Gasteiger charge is -2.24. The maximum Gasteiger partial charge on any atom is 0.308 e. The predicted molar refractivity (Wildman–Crippen MR) is 68.9 cm³/mol. The van der Waals surface area contributed by atoms with E-state index in [1.54, 1.807) is 18.7 Å². The van der Waals surface area contributed by atoms with Gasteiger partial charge in [0.25, 0.3) is 0 Å². The highest BCUT2D eigenvalue weighted by Crippen LogP contribution is 2.09. The van der Waals surface area contributed by atoms with E-state index >= 15 is 0 Å². The smallest absolute Gasteiger partial charge is 0.308 e. The summed E-state index contributed by atoms with van der Waals surface area (Å²) in [5, 5.41) is 8.91. The van der Waals surface area contributed by atoms with Crippen molar-refractivity contribution in [2.24, 2.45) is 5.92 Å². The number of carboxylic acid groups (broad SMARTS) is 1. The fraction of sp³-hybridized carbons (Fsp3) is 0.429. The van der Waals surface area contributed by atoms with Crippen molar-refractivity contribution < 1.29 is 14.7 Å². The van der Waals surface area contributed by atoms with Gasteiger partial charge in [-0.25, -0.2) is 0 Å². The maximum absolute atomic E-state index is 11.8. The van der Waals surface area contributed by atoms with Crippen molar-refractivity contribution >= 4 is 11.9 Å². The van der Waals surface area contributed by atoms with E-state index in [4.69, 9.17) is 5.11 Å². The Kier molecular flexibility index (Phi) is 5.36. The molecule has 0 aliphatic heterocycles. The third-order valence-electron chi connectivity index (χ3n) is 2.79. The fourth-order valence-corrected chi connectivity index (χ4v) is 1.69. The Balaban J connectivity index is 2.73. The molecular weight excluding hydrogens is 230 g/mol. The van der Waals surface area contributed by atoms with Crippen molar-refractivity contribution in [3.05, 3.63) is 35.9 Å². The zero-order chi connectivity index (χ0) is 13.5. The molecular formula is C14H19NO3. The number of benzene rings is 1. The average molecular weight is 249 g/mol. The van der Waals surface area contributed by atoms with Gasteiger partial charge in [0, 0.05) is 19.5 Å². The molecule has 1 rings (SSSR count). The molecule has 0 aliphatic carbocycles. The Morgan fingerprint density at radius 2 is 1.89 bits per heavy atom. The van der Waals surface area contributed by atoms with E-state index < -0.39 is 11.9 Å². The standard InChI is InChI=1S/C14H19NO3/c1-3-13(16)15(9-11(2)14(17)18)10-12-7-5-4-6-8-12/h4-8,11H,3,9-10H2,1-2H3,(H,17,18)/t11-/m1/s1. The van der Waals surface area contributed by atoms with Gasteiger partial charge in [-0.2, -0.15) is 0 Å². The third-order valence-corrected chi connectivity index (χ3v) is 2.79. The van der Waals surface area contributed by atoms with Crippen LogP contribution in [0, 0.1) is 5.92 Å². The average Bonchev–Trinajstić information content (AvgIpc) is 2.38. The Hall–Kier alpha value is -1.84. The zero-order valence-electron chi connectivity index (χ0n) is 10.8. The first kappa shape index (κ1) is 14.2. The van der Waals surface area contributed by atoms with Crippen molar-refractivity contribution in [3.63, 3.8) is 0 Å². The molecule has 0 aromatic heterocycles. The highest BCUT2D eigenvalue weighted by atomic mass is 16.4. The van der Waals surface area contributed by atoms with Crippen molar-refractivity contribution in [1.82, 2.24) is 4.90 Å². The molecule has 0 saturated heterocycles. The normalized spacial score (nSPS) is 11.9. The number of hydrogen-bond donors (Lipinski definition) is 1. The largest absolute Gasteiger partial charge is 0.481 e. The van der Waals surface area contributed by atoms with Gasteiger partial charge in [0.1, 0.15) is 0 Å². The van der Waals surface area contributed by atoms with Crippen LogP contribution in [0.2, 0.25) is 0 Å². The molecule has 1 amide bonds. The van der Waals surface area contributed by atoms with Gasteiger partial charge in [-0.15, -0.1) is 0 Å². The maximum atomic E-state index is 11.8. The second-order valence-corrected chi connectivity index (χ2v) is 4.35. The van der Waals surface area contributed by atoms with Crippen molar-refractivity contribution in [2.75, 3.05) is 6.54 Å². The van der Waals surface area contributed by atoms with Crippen LogP contribution in [0.15, 0.2) is 30.3 Å². The zero-order valence-corrected chi connectivity index (χ0v) is 10.8. The van der Waals surface area contributed by atoms with Crippen LogP contribution in [-0.2, 0) is 16.1 Å². The molecule has 0 aliphatic rings. The summed E-state index contributed by atoms with van der Waals surface area (Å²) in [7, 11) is 0. The van der Waals surface area contributed by atoms with Gasteiger partial charge in [0.05, 0.1) is 5.92 Å². The molecule has 4 heteroatoms. The highest BCUT2D eigenvalue weighted by Gasteiger charge is 2.19. The summed E-state index contributed by atoms with van der Waals surface area (Å²) in [5.41, 5.74) is 1.01. The van der Waals surface area contributed by atoms with Gasteiger partial charge < -0.3 is 10.0 Å². The number of aliphatic carboxylic acids is 1. The summed E-state index contributed by atoms with van der Waals surface area (Å²) >= 11 is 0. The van der Waals surface area contributed by atoms with Crippen LogP contribution in [0.1, 0.15) is 25.8 Å². The molecule has 0 heterocycles. The van der Waals surface area contributed by atoms with E-state index in [0.717, 1.165) is 5.56 Å². The molecule has 0 bridgehead atoms. The highest BCUT2D eigenvalue weighted by molar-refractivity contribution is 5.77. The first-order valence-corrected chi connectivity index (χ1v) is 6.09. The van der Waals surface area contributed by atoms with Gasteiger partial charge in [-0.05, 0) is 5.56 Å². The van der Waals surface area contributed by atoms with Crippen LogP contribution in [0.5, 0.6) is 0 Å². The second kappa shape index (κ2) is 6.79. The number of carbonyl (C=O) groups is 2. The minimum absolute atomic E-state index is 0.0213. The first-order chi connectivity index (χ1) is 8.54. The van der Waals surface area contributed by atoms with E-state index in [1.165, 1.54) is 0 Å². The topological polar surface area (TPSA) is 57.6 Å². The molecule has 1 aromatic rings. The minimum atomic E-state index is -0.878. The van der Waals surface area contributed by atoms with Crippen LogP contribution in [0.4, 0.5) is 0 Å². The molecule has 18 heavy (non-hydrogen) atoms. The molecule has 4 nitrogen and oxygen atoms in total. The lowest BCUT2D eigenvalue weighted by atomic mass is 10.1. The van der Waals surface area contributed by atoms with E-state index in [0.29, 0.717) is 13.0 Å². The number of carbonyl (C=O) groups excluding carboxylic acids is 1. The molecule has 0 fully saturated rings. The van der Waals surface area contributed by atoms with Crippen LogP contribution >= 0.6 is 0 Å². The molecule has 0 saturated carbocycles. The number of carboxylic acids is 1. The van der Waals surface area contributed by atoms with E-state index in [2.05, 4.69) is 0 Å². The SMILES string of the molecule is CCC(=O)N(Cc1ccccc1)C[C@@H](C)C(=O)O. The molecule has 98 valence electrons. The van der Waals surface area contributed by atoms with Gasteiger partial charge in [-0.3, -0.25) is 9.59 Å². The van der Waals surface area contributed by atoms with Gasteiger partial charge in [-0.1, -0.05) is 44.2 Å². The predicted octanol–water partition coefficient (Wildman–Crippen LogP) is 2.15. The Labute approximate surface area is 107 Å². The Bertz CT molecular complexity index is 403. The summed E-state index contributed by atoms with van der Waals surface area (Å²) in [5.74, 6) is -1.45. The quantitative estimate of drug-likeness (QED) is 0.840. The summed E-state index contributed by atoms with van der Waals surface area (Å²) in [6, 6.07) is 9.59. The van der Waals surface area contributed by atoms with Crippen LogP contribution in [-0.4, -0.2) is 28.4 Å². The molecule has 1 aromatic carbocycles. The van der Waals surface area contributed by atoms with E-state index in [-0.39, 0.29) is 12.5 Å². The van der Waals surface area contributed by atoms with Crippen molar-refractivity contribution in [3.8, 4) is 0 Å². The number of amides is 1. The van der Waals surface area contributed by atoms with Crippen molar-refractivity contribution in [2.45, 2.75) is 26.8 Å². The summed E-state index contributed by atoms with van der Waals surface area (Å²) in [4.78, 5) is 24.3. The van der Waals surface area contributed by atoms with Gasteiger partial charge in [0.15, 0.2) is 0 Å². The number of nitrogens with zero attached hydrogens (tertiary/aromatic N) is 1. The third kappa shape index (κ3) is 4.20. The summed E-state index contributed by atoms with van der Waals surface area (Å²) < 4.78 is 0. The van der Waals surface area contributed by atoms with Crippen LogP contribution in [0.3, 0.4) is 0 Å². The van der Waals surface area contributed by atoms with Crippen molar-refractivity contribution in [1.29, 1.82) is 0 Å². The van der Waals surface area contributed by atoms with Crippen LogP contribution < -0.4 is 0 Å². The Morgan fingerprint density at radius 1 is 1.28 bits per heavy atom. The fourth-order valence-electron chi connectivity index (χ4n) is 1.69. The summed E-state index contributed by atoms with van der Waals surface area (Å²) in [6.07, 6.45) is 0.388. The van der Waals surface area contributed by atoms with Crippen LogP contribution in [0.25, 0.3) is 0 Å². The number of rotatable bonds is 6. The minimum Gasteiger partial charge on any atom is -0.481 e. The monoisotopic (exact) mass is 249 g/mol. The second-order valence-electron chi connectivity index (χ2n) is 4.35. The molecule has 0 spiro atoms. The molecule has 0 radical (unpaired) electrons. The van der Waals surface area contributed by atoms with E-state index in [9.17, 15) is 9.59 Å². The Morgan fingerprint density at radius 3 is 2.39 bits per heavy atom. The molecule has 0 unspecified atom stereocenters. The number of hydrogen-bond acceptors (Lipinski definition) is 2. The first-order valence-electron chi connectivity index (χ1n) is 6.09. The lowest BCUT2D eigenvalue weighted by molar-refractivity contribution is -0.143. The lowest BCUT2D eigenvalue weighted by Crippen LogP contribution is -2.36. The molecule has 1 N–H and O–H groups in total. The van der Waals surface area contributed by atoms with Gasteiger partial charge >= 0.3 is 5.97 Å². The summed E-state index contributed by atoms with van der Waals surface area (Å²) in [6.45, 7) is 4.11. The van der Waals surface area contributed by atoms with E-state index in [1.807, 2.05) is 30.3 Å². The van der Waals surface area contributed by atoms with Gasteiger partial charge in [0.2, 0.25) is 5.91 Å². The molecule has 1 atom stereocenters.